The molecule has 29 heavy (non-hydrogen) atoms. The van der Waals surface area contributed by atoms with E-state index in [-0.39, 0.29) is 5.43 Å². The van der Waals surface area contributed by atoms with Gasteiger partial charge in [0.1, 0.15) is 11.2 Å². The van der Waals surface area contributed by atoms with Crippen LogP contribution in [0.15, 0.2) is 94.1 Å². The van der Waals surface area contributed by atoms with Gasteiger partial charge < -0.3 is 4.42 Å². The van der Waals surface area contributed by atoms with Gasteiger partial charge in [-0.2, -0.15) is 0 Å². The molecule has 4 heteroatoms. The molecule has 1 aromatic heterocycles. The Morgan fingerprint density at radius 2 is 1.31 bits per heavy atom. The van der Waals surface area contributed by atoms with E-state index in [2.05, 4.69) is 0 Å². The Labute approximate surface area is 176 Å². The molecule has 140 valence electrons. The number of hydrogen-bond acceptors (Lipinski definition) is 2. The first-order valence-corrected chi connectivity index (χ1v) is 9.87. The van der Waals surface area contributed by atoms with Crippen LogP contribution in [0, 0.1) is 0 Å². The van der Waals surface area contributed by atoms with Gasteiger partial charge in [-0.25, -0.2) is 0 Å². The largest absolute Gasteiger partial charge is 0.456 e. The van der Waals surface area contributed by atoms with Gasteiger partial charge in [-0.1, -0.05) is 59.6 Å². The third kappa shape index (κ3) is 3.21. The highest BCUT2D eigenvalue weighted by Crippen LogP contribution is 2.35. The Balaban J connectivity index is 1.93. The van der Waals surface area contributed by atoms with Crippen LogP contribution in [-0.4, -0.2) is 0 Å². The second-order valence-electron chi connectivity index (χ2n) is 6.84. The second-order valence-corrected chi connectivity index (χ2v) is 7.72. The molecule has 0 unspecified atom stereocenters. The van der Waals surface area contributed by atoms with E-state index < -0.39 is 0 Å². The molecule has 0 fully saturated rings. The topological polar surface area (TPSA) is 30.2 Å². The van der Waals surface area contributed by atoms with Crippen molar-refractivity contribution >= 4 is 45.1 Å². The van der Waals surface area contributed by atoms with Crippen molar-refractivity contribution in [3.05, 3.63) is 105 Å². The van der Waals surface area contributed by atoms with Crippen LogP contribution in [0.3, 0.4) is 0 Å². The zero-order valence-corrected chi connectivity index (χ0v) is 16.7. The molecule has 1 heterocycles. The molecule has 0 aliphatic carbocycles. The molecule has 2 nitrogen and oxygen atoms in total. The lowest BCUT2D eigenvalue weighted by Crippen LogP contribution is -2.04. The van der Waals surface area contributed by atoms with Gasteiger partial charge >= 0.3 is 0 Å². The van der Waals surface area contributed by atoms with Crippen molar-refractivity contribution in [2.75, 3.05) is 0 Å². The fourth-order valence-corrected chi connectivity index (χ4v) is 4.03. The number of halogens is 2. The molecular weight excluding hydrogens is 403 g/mol. The highest BCUT2D eigenvalue weighted by atomic mass is 35.5. The van der Waals surface area contributed by atoms with Crippen LogP contribution in [0.1, 0.15) is 0 Å². The number of para-hydroxylation sites is 1. The summed E-state index contributed by atoms with van der Waals surface area (Å²) in [5.41, 5.74) is 4.52. The molecule has 0 atom stereocenters. The summed E-state index contributed by atoms with van der Waals surface area (Å²) in [6.07, 6.45) is 0. The molecule has 0 bridgehead atoms. The van der Waals surface area contributed by atoms with E-state index in [0.29, 0.717) is 32.0 Å². The first-order valence-electron chi connectivity index (χ1n) is 9.12. The highest BCUT2D eigenvalue weighted by molar-refractivity contribution is 6.31. The van der Waals surface area contributed by atoms with Gasteiger partial charge in [0.15, 0.2) is 0 Å². The molecule has 0 aliphatic heterocycles. The number of benzene rings is 4. The Hall–Kier alpha value is -3.07. The van der Waals surface area contributed by atoms with Gasteiger partial charge in [0.05, 0.1) is 10.8 Å². The van der Waals surface area contributed by atoms with Crippen molar-refractivity contribution in [1.29, 1.82) is 0 Å². The third-order valence-corrected chi connectivity index (χ3v) is 5.44. The summed E-state index contributed by atoms with van der Waals surface area (Å²) in [6.45, 7) is 0. The average molecular weight is 417 g/mol. The lowest BCUT2D eigenvalue weighted by molar-refractivity contribution is 0.660. The van der Waals surface area contributed by atoms with E-state index in [1.807, 2.05) is 72.8 Å². The van der Waals surface area contributed by atoms with Crippen molar-refractivity contribution in [2.45, 2.75) is 0 Å². The van der Waals surface area contributed by atoms with Crippen LogP contribution >= 0.6 is 23.2 Å². The van der Waals surface area contributed by atoms with Gasteiger partial charge in [0, 0.05) is 10.0 Å². The third-order valence-electron chi connectivity index (χ3n) is 4.97. The van der Waals surface area contributed by atoms with Gasteiger partial charge in [-0.3, -0.25) is 4.79 Å². The summed E-state index contributed by atoms with van der Waals surface area (Å²) < 4.78 is 6.15. The molecule has 5 rings (SSSR count). The van der Waals surface area contributed by atoms with Crippen molar-refractivity contribution in [1.82, 2.24) is 0 Å². The quantitative estimate of drug-likeness (QED) is 0.277. The maximum Gasteiger partial charge on any atom is 0.201 e. The lowest BCUT2D eigenvalue weighted by atomic mass is 9.94. The van der Waals surface area contributed by atoms with Gasteiger partial charge in [-0.15, -0.1) is 0 Å². The van der Waals surface area contributed by atoms with Crippen LogP contribution in [0.25, 0.3) is 44.2 Å². The zero-order valence-electron chi connectivity index (χ0n) is 15.2. The summed E-state index contributed by atoms with van der Waals surface area (Å²) in [5, 5.41) is 2.34. The summed E-state index contributed by atoms with van der Waals surface area (Å²) >= 11 is 12.4. The SMILES string of the molecule is O=c1c2ccccc2oc2cc(-c3cccc(Cl)c3)cc(-c3cccc(Cl)c3)c12. The summed E-state index contributed by atoms with van der Waals surface area (Å²) in [7, 11) is 0. The Kier molecular flexibility index (Phi) is 4.39. The monoisotopic (exact) mass is 416 g/mol. The van der Waals surface area contributed by atoms with Crippen LogP contribution in [0.4, 0.5) is 0 Å². The van der Waals surface area contributed by atoms with Crippen LogP contribution in [0.2, 0.25) is 10.0 Å². The summed E-state index contributed by atoms with van der Waals surface area (Å²) in [6, 6.07) is 26.3. The Morgan fingerprint density at radius 1 is 0.621 bits per heavy atom. The fraction of sp³-hybridized carbons (Fsp3) is 0. The fourth-order valence-electron chi connectivity index (χ4n) is 3.64. The van der Waals surface area contributed by atoms with E-state index in [1.165, 1.54) is 0 Å². The molecule has 0 radical (unpaired) electrons. The van der Waals surface area contributed by atoms with Crippen molar-refractivity contribution in [3.8, 4) is 22.3 Å². The molecule has 0 amide bonds. The second kappa shape index (κ2) is 7.07. The lowest BCUT2D eigenvalue weighted by Gasteiger charge is -2.12. The number of fused-ring (bicyclic) bond motifs is 2. The molecule has 0 aliphatic rings. The van der Waals surface area contributed by atoms with Gasteiger partial charge in [0.25, 0.3) is 0 Å². The minimum atomic E-state index is -0.0607. The maximum atomic E-state index is 13.4. The van der Waals surface area contributed by atoms with Gasteiger partial charge in [0.2, 0.25) is 5.43 Å². The van der Waals surface area contributed by atoms with Crippen LogP contribution in [-0.2, 0) is 0 Å². The van der Waals surface area contributed by atoms with E-state index in [0.717, 1.165) is 22.3 Å². The summed E-state index contributed by atoms with van der Waals surface area (Å²) in [4.78, 5) is 13.4. The minimum absolute atomic E-state index is 0.0607. The highest BCUT2D eigenvalue weighted by Gasteiger charge is 2.15. The number of rotatable bonds is 2. The van der Waals surface area contributed by atoms with E-state index >= 15 is 0 Å². The summed E-state index contributed by atoms with van der Waals surface area (Å²) in [5.74, 6) is 0. The van der Waals surface area contributed by atoms with Crippen molar-refractivity contribution in [2.24, 2.45) is 0 Å². The van der Waals surface area contributed by atoms with Crippen LogP contribution < -0.4 is 5.43 Å². The molecule has 5 aromatic rings. The molecule has 0 spiro atoms. The molecule has 0 saturated carbocycles. The Bertz CT molecular complexity index is 1450. The van der Waals surface area contributed by atoms with Crippen LogP contribution in [0.5, 0.6) is 0 Å². The maximum absolute atomic E-state index is 13.4. The minimum Gasteiger partial charge on any atom is -0.456 e. The van der Waals surface area contributed by atoms with E-state index in [4.69, 9.17) is 27.6 Å². The van der Waals surface area contributed by atoms with E-state index in [1.54, 1.807) is 12.1 Å². The Morgan fingerprint density at radius 3 is 2.07 bits per heavy atom. The van der Waals surface area contributed by atoms with Gasteiger partial charge in [-0.05, 0) is 70.8 Å². The first-order chi connectivity index (χ1) is 14.1. The average Bonchev–Trinajstić information content (AvgIpc) is 2.73. The van der Waals surface area contributed by atoms with Crippen molar-refractivity contribution in [3.63, 3.8) is 0 Å². The molecular formula is C25H14Cl2O2. The molecule has 4 aromatic carbocycles. The molecule has 0 N–H and O–H groups in total. The smallest absolute Gasteiger partial charge is 0.201 e. The van der Waals surface area contributed by atoms with Crippen molar-refractivity contribution < 1.29 is 4.42 Å². The normalized spacial score (nSPS) is 11.2. The van der Waals surface area contributed by atoms with E-state index in [9.17, 15) is 4.79 Å². The number of hydrogen-bond donors (Lipinski definition) is 0. The first kappa shape index (κ1) is 18.0. The predicted octanol–water partition coefficient (Wildman–Crippen LogP) is 7.59. The predicted molar refractivity (Wildman–Crippen MR) is 121 cm³/mol. The molecule has 0 saturated heterocycles. The standard InChI is InChI=1S/C25H14Cl2O2/c26-18-7-3-5-15(11-18)17-13-21(16-6-4-8-19(27)12-16)24-23(14-17)29-22-10-2-1-9-20(22)25(24)28/h1-14H. The zero-order chi connectivity index (χ0) is 20.0.